The Balaban J connectivity index is -0.000000240. The summed E-state index contributed by atoms with van der Waals surface area (Å²) in [5.74, 6) is -5.02. The summed E-state index contributed by atoms with van der Waals surface area (Å²) in [5, 5.41) is 33.8. The molecule has 0 saturated heterocycles. The molecule has 0 radical (unpaired) electrons. The second-order valence-electron chi connectivity index (χ2n) is 2.48. The van der Waals surface area contributed by atoms with Gasteiger partial charge in [0.05, 0.1) is 12.8 Å². The fourth-order valence-corrected chi connectivity index (χ4v) is 0.714. The Kier molecular flexibility index (Phi) is 7.09. The second kappa shape index (κ2) is 6.18. The van der Waals surface area contributed by atoms with Gasteiger partial charge in [0.1, 0.15) is 0 Å². The maximum atomic E-state index is 10.3. The van der Waals surface area contributed by atoms with Gasteiger partial charge in [-0.3, -0.25) is 9.59 Å². The van der Waals surface area contributed by atoms with Crippen LogP contribution in [0.15, 0.2) is 0 Å². The molecule has 7 nitrogen and oxygen atoms in total. The van der Waals surface area contributed by atoms with Crippen LogP contribution in [-0.4, -0.2) is 81.7 Å². The molecule has 0 rings (SSSR count). The van der Waals surface area contributed by atoms with Crippen molar-refractivity contribution >= 4 is 55.6 Å². The van der Waals surface area contributed by atoms with E-state index >= 15 is 0 Å². The molecule has 8 heteroatoms. The van der Waals surface area contributed by atoms with Gasteiger partial charge in [0.25, 0.3) is 0 Å². The number of carboxylic acid groups (broad SMARTS) is 3. The van der Waals surface area contributed by atoms with Gasteiger partial charge in [-0.05, 0) is 0 Å². The van der Waals surface area contributed by atoms with Crippen LogP contribution in [0.5, 0.6) is 0 Å². The van der Waals surface area contributed by atoms with Crippen molar-refractivity contribution in [2.24, 2.45) is 0 Å². The van der Waals surface area contributed by atoms with Crippen LogP contribution < -0.4 is 0 Å². The summed E-state index contributed by atoms with van der Waals surface area (Å²) in [6.07, 6.45) is -2.29. The average Bonchev–Trinajstić information content (AvgIpc) is 1.82. The van der Waals surface area contributed by atoms with Gasteiger partial charge in [0, 0.05) is 0 Å². The molecule has 0 aliphatic heterocycles. The quantitative estimate of drug-likeness (QED) is 0.430. The SMILES string of the molecule is O=C(O)CC(O)(CC(=O)O)C(=O)O.[Ca+2].[H+].[H+]. The first-order valence-corrected chi connectivity index (χ1v) is 3.17. The van der Waals surface area contributed by atoms with E-state index in [1.165, 1.54) is 0 Å². The van der Waals surface area contributed by atoms with E-state index in [4.69, 9.17) is 20.4 Å². The molecular formula is C6H10CaO7+4. The normalized spacial score (nSPS) is 10.1. The minimum atomic E-state index is -2.74. The number of rotatable bonds is 5. The van der Waals surface area contributed by atoms with Crippen LogP contribution in [0.2, 0.25) is 0 Å². The minimum Gasteiger partial charge on any atom is -0.481 e. The maximum absolute atomic E-state index is 10.3. The van der Waals surface area contributed by atoms with Crippen LogP contribution in [0.25, 0.3) is 0 Å². The third kappa shape index (κ3) is 5.38. The van der Waals surface area contributed by atoms with Crippen molar-refractivity contribution in [3.8, 4) is 0 Å². The van der Waals surface area contributed by atoms with Crippen molar-refractivity contribution in [1.29, 1.82) is 0 Å². The van der Waals surface area contributed by atoms with Crippen LogP contribution in [0.1, 0.15) is 15.7 Å². The minimum absolute atomic E-state index is 0. The zero-order chi connectivity index (χ0) is 10.6. The summed E-state index contributed by atoms with van der Waals surface area (Å²) in [6, 6.07) is 0. The van der Waals surface area contributed by atoms with Crippen LogP contribution in [-0.2, 0) is 14.4 Å². The van der Waals surface area contributed by atoms with E-state index in [0.717, 1.165) is 0 Å². The summed E-state index contributed by atoms with van der Waals surface area (Å²) in [7, 11) is 0. The topological polar surface area (TPSA) is 132 Å². The fraction of sp³-hybridized carbons (Fsp3) is 0.500. The van der Waals surface area contributed by atoms with Gasteiger partial charge >= 0.3 is 58.5 Å². The maximum Gasteiger partial charge on any atom is 2.00 e. The molecule has 0 fully saturated rings. The summed E-state index contributed by atoms with van der Waals surface area (Å²) in [4.78, 5) is 30.5. The molecule has 0 saturated carbocycles. The first-order chi connectivity index (χ1) is 5.78. The van der Waals surface area contributed by atoms with E-state index in [9.17, 15) is 14.4 Å². The van der Waals surface area contributed by atoms with Gasteiger partial charge in [-0.15, -0.1) is 0 Å². The molecule has 0 heterocycles. The third-order valence-electron chi connectivity index (χ3n) is 1.29. The average molecular weight is 234 g/mol. The standard InChI is InChI=1S/C6H8O7.Ca/c7-3(8)1-6(13,5(11)12)2-4(9)10;/h13H,1-2H2,(H,7,8)(H,9,10)(H,11,12);/q;+2/p+2. The first kappa shape index (κ1) is 16.1. The van der Waals surface area contributed by atoms with Crippen molar-refractivity contribution in [2.45, 2.75) is 18.4 Å². The smallest absolute Gasteiger partial charge is 0.481 e. The van der Waals surface area contributed by atoms with Crippen molar-refractivity contribution in [1.82, 2.24) is 0 Å². The number of hydrogen-bond acceptors (Lipinski definition) is 4. The number of hydrogen-bond donors (Lipinski definition) is 4. The monoisotopic (exact) mass is 234 g/mol. The number of carboxylic acids is 3. The van der Waals surface area contributed by atoms with E-state index in [0.29, 0.717) is 0 Å². The van der Waals surface area contributed by atoms with Gasteiger partial charge in [0.15, 0.2) is 5.60 Å². The van der Waals surface area contributed by atoms with E-state index in [-0.39, 0.29) is 40.6 Å². The largest absolute Gasteiger partial charge is 2.00 e. The van der Waals surface area contributed by atoms with Crippen LogP contribution in [0.3, 0.4) is 0 Å². The molecule has 4 N–H and O–H groups in total. The number of carbonyl (C=O) groups is 3. The van der Waals surface area contributed by atoms with E-state index in [2.05, 4.69) is 0 Å². The predicted octanol–water partition coefficient (Wildman–Crippen LogP) is -1.40. The summed E-state index contributed by atoms with van der Waals surface area (Å²) in [5.41, 5.74) is -2.74. The van der Waals surface area contributed by atoms with Crippen LogP contribution in [0.4, 0.5) is 0 Å². The van der Waals surface area contributed by atoms with E-state index in [1.807, 2.05) is 0 Å². The zero-order valence-corrected chi connectivity index (χ0v) is 9.34. The molecule has 0 aliphatic carbocycles. The van der Waals surface area contributed by atoms with E-state index in [1.54, 1.807) is 0 Å². The van der Waals surface area contributed by atoms with Gasteiger partial charge in [-0.1, -0.05) is 0 Å². The van der Waals surface area contributed by atoms with Gasteiger partial charge in [-0.2, -0.15) is 0 Å². The van der Waals surface area contributed by atoms with E-state index < -0.39 is 36.4 Å². The Morgan fingerprint density at radius 2 is 1.29 bits per heavy atom. The Morgan fingerprint density at radius 3 is 1.43 bits per heavy atom. The summed E-state index contributed by atoms with van der Waals surface area (Å²) < 4.78 is 0. The van der Waals surface area contributed by atoms with Crippen molar-refractivity contribution in [3.05, 3.63) is 0 Å². The Labute approximate surface area is 111 Å². The molecule has 14 heavy (non-hydrogen) atoms. The third-order valence-corrected chi connectivity index (χ3v) is 1.29. The van der Waals surface area contributed by atoms with Crippen molar-refractivity contribution in [3.63, 3.8) is 0 Å². The summed E-state index contributed by atoms with van der Waals surface area (Å²) >= 11 is 0. The van der Waals surface area contributed by atoms with Crippen molar-refractivity contribution in [2.75, 3.05) is 0 Å². The number of aliphatic carboxylic acids is 3. The van der Waals surface area contributed by atoms with Crippen LogP contribution >= 0.6 is 0 Å². The molecule has 0 atom stereocenters. The fourth-order valence-electron chi connectivity index (χ4n) is 0.714. The molecule has 74 valence electrons. The molecule has 0 bridgehead atoms. The van der Waals surface area contributed by atoms with Gasteiger partial charge in [0.2, 0.25) is 0 Å². The van der Waals surface area contributed by atoms with Crippen molar-refractivity contribution < 1.29 is 37.7 Å². The molecule has 0 unspecified atom stereocenters. The first-order valence-electron chi connectivity index (χ1n) is 3.17. The Morgan fingerprint density at radius 1 is 1.00 bits per heavy atom. The molecule has 0 spiro atoms. The second-order valence-corrected chi connectivity index (χ2v) is 2.48. The molecule has 0 amide bonds. The Bertz CT molecular complexity index is 241. The summed E-state index contributed by atoms with van der Waals surface area (Å²) in [6.45, 7) is 0. The van der Waals surface area contributed by atoms with Gasteiger partial charge in [-0.25, -0.2) is 4.79 Å². The number of aliphatic hydroxyl groups is 1. The van der Waals surface area contributed by atoms with Gasteiger partial charge < -0.3 is 20.4 Å². The molecular weight excluding hydrogens is 224 g/mol. The molecule has 0 aromatic rings. The Hall–Kier alpha value is -0.370. The predicted molar refractivity (Wildman–Crippen MR) is 45.1 cm³/mol. The van der Waals surface area contributed by atoms with Crippen LogP contribution in [0, 0.1) is 0 Å². The molecule has 0 aromatic heterocycles. The molecule has 0 aliphatic rings. The zero-order valence-electron chi connectivity index (χ0n) is 9.13. The molecule has 0 aromatic carbocycles.